The highest BCUT2D eigenvalue weighted by molar-refractivity contribution is 6.14. The molecule has 0 radical (unpaired) electrons. The SMILES string of the molecule is N=C(c1ccnc(N2CCC(F)(F)CC2)c1)c1cc(OC(F)F)ccc1N. The van der Waals surface area contributed by atoms with E-state index in [0.717, 1.165) is 0 Å². The smallest absolute Gasteiger partial charge is 0.387 e. The van der Waals surface area contributed by atoms with Crippen LogP contribution in [-0.2, 0) is 0 Å². The molecule has 0 bridgehead atoms. The van der Waals surface area contributed by atoms with Crippen molar-refractivity contribution < 1.29 is 22.3 Å². The van der Waals surface area contributed by atoms with Gasteiger partial charge in [-0.2, -0.15) is 8.78 Å². The van der Waals surface area contributed by atoms with E-state index in [2.05, 4.69) is 9.72 Å². The van der Waals surface area contributed by atoms with E-state index in [4.69, 9.17) is 11.1 Å². The number of nitrogens with zero attached hydrogens (tertiary/aromatic N) is 2. The van der Waals surface area contributed by atoms with Crippen LogP contribution in [0.1, 0.15) is 24.0 Å². The van der Waals surface area contributed by atoms with Crippen LogP contribution >= 0.6 is 0 Å². The molecule has 3 rings (SSSR count). The Kier molecular flexibility index (Phi) is 5.20. The van der Waals surface area contributed by atoms with Gasteiger partial charge >= 0.3 is 6.61 Å². The van der Waals surface area contributed by atoms with Crippen molar-refractivity contribution in [3.8, 4) is 5.75 Å². The van der Waals surface area contributed by atoms with E-state index in [-0.39, 0.29) is 48.6 Å². The number of ether oxygens (including phenoxy) is 1. The second-order valence-corrected chi connectivity index (χ2v) is 6.25. The van der Waals surface area contributed by atoms with Crippen LogP contribution < -0.4 is 15.4 Å². The highest BCUT2D eigenvalue weighted by Gasteiger charge is 2.34. The molecule has 1 aromatic heterocycles. The van der Waals surface area contributed by atoms with Crippen LogP contribution in [0.5, 0.6) is 5.75 Å². The third kappa shape index (κ3) is 4.47. The predicted molar refractivity (Wildman–Crippen MR) is 94.0 cm³/mol. The topological polar surface area (TPSA) is 75.2 Å². The lowest BCUT2D eigenvalue weighted by atomic mass is 10.0. The van der Waals surface area contributed by atoms with Crippen molar-refractivity contribution in [1.29, 1.82) is 5.41 Å². The summed E-state index contributed by atoms with van der Waals surface area (Å²) in [6, 6.07) is 7.13. The van der Waals surface area contributed by atoms with Crippen LogP contribution in [0.25, 0.3) is 0 Å². The molecule has 0 amide bonds. The Morgan fingerprint density at radius 3 is 2.56 bits per heavy atom. The monoisotopic (exact) mass is 382 g/mol. The maximum Gasteiger partial charge on any atom is 0.387 e. The highest BCUT2D eigenvalue weighted by Crippen LogP contribution is 2.30. The number of hydrogen-bond acceptors (Lipinski definition) is 5. The maximum absolute atomic E-state index is 13.3. The molecule has 5 nitrogen and oxygen atoms in total. The van der Waals surface area contributed by atoms with E-state index in [1.54, 1.807) is 17.0 Å². The molecule has 9 heteroatoms. The van der Waals surface area contributed by atoms with Crippen LogP contribution in [0, 0.1) is 5.41 Å². The van der Waals surface area contributed by atoms with Gasteiger partial charge < -0.3 is 15.4 Å². The van der Waals surface area contributed by atoms with Crippen molar-refractivity contribution in [2.24, 2.45) is 0 Å². The molecular formula is C18H18F4N4O. The largest absolute Gasteiger partial charge is 0.435 e. The molecular weight excluding hydrogens is 364 g/mol. The van der Waals surface area contributed by atoms with Crippen molar-refractivity contribution >= 4 is 17.2 Å². The molecule has 1 aliphatic heterocycles. The molecule has 2 heterocycles. The van der Waals surface area contributed by atoms with Crippen LogP contribution in [0.15, 0.2) is 36.5 Å². The van der Waals surface area contributed by atoms with E-state index in [9.17, 15) is 17.6 Å². The highest BCUT2D eigenvalue weighted by atomic mass is 19.3. The van der Waals surface area contributed by atoms with Gasteiger partial charge in [-0.05, 0) is 30.3 Å². The lowest BCUT2D eigenvalue weighted by molar-refractivity contribution is -0.0498. The zero-order valence-corrected chi connectivity index (χ0v) is 14.3. The van der Waals surface area contributed by atoms with Gasteiger partial charge in [0.15, 0.2) is 0 Å². The molecule has 1 aliphatic rings. The minimum atomic E-state index is -2.99. The lowest BCUT2D eigenvalue weighted by Crippen LogP contribution is -2.39. The van der Waals surface area contributed by atoms with Crippen molar-refractivity contribution in [2.45, 2.75) is 25.4 Å². The van der Waals surface area contributed by atoms with Gasteiger partial charge in [0.05, 0.1) is 5.71 Å². The fourth-order valence-corrected chi connectivity index (χ4v) is 2.89. The van der Waals surface area contributed by atoms with Gasteiger partial charge in [-0.1, -0.05) is 0 Å². The average Bonchev–Trinajstić information content (AvgIpc) is 2.62. The minimum absolute atomic E-state index is 0.00166. The summed E-state index contributed by atoms with van der Waals surface area (Å²) in [6.45, 7) is -2.66. The third-order valence-electron chi connectivity index (χ3n) is 4.37. The van der Waals surface area contributed by atoms with E-state index in [1.165, 1.54) is 24.4 Å². The number of anilines is 2. The number of benzene rings is 1. The number of piperidine rings is 1. The molecule has 1 fully saturated rings. The van der Waals surface area contributed by atoms with Crippen molar-refractivity contribution in [3.63, 3.8) is 0 Å². The standard InChI is InChI=1S/C18H18F4N4O/c19-17(20)27-12-1-2-14(23)13(10-12)16(24)11-3-6-25-15(9-11)26-7-4-18(21,22)5-8-26/h1-3,6,9-10,17,24H,4-5,7-8,23H2. The van der Waals surface area contributed by atoms with Gasteiger partial charge in [-0.3, -0.25) is 5.41 Å². The van der Waals surface area contributed by atoms with Gasteiger partial charge in [0, 0.05) is 48.9 Å². The van der Waals surface area contributed by atoms with E-state index in [0.29, 0.717) is 11.4 Å². The summed E-state index contributed by atoms with van der Waals surface area (Å²) >= 11 is 0. The van der Waals surface area contributed by atoms with E-state index < -0.39 is 12.5 Å². The molecule has 2 aromatic rings. The van der Waals surface area contributed by atoms with Crippen LogP contribution in [-0.4, -0.2) is 36.3 Å². The average molecular weight is 382 g/mol. The Bertz CT molecular complexity index is 834. The summed E-state index contributed by atoms with van der Waals surface area (Å²) in [6.07, 6.45) is 0.967. The second kappa shape index (κ2) is 7.42. The first-order chi connectivity index (χ1) is 12.7. The summed E-state index contributed by atoms with van der Waals surface area (Å²) in [7, 11) is 0. The number of rotatable bonds is 5. The number of alkyl halides is 4. The Labute approximate surface area is 153 Å². The quantitative estimate of drug-likeness (QED) is 0.467. The van der Waals surface area contributed by atoms with Gasteiger partial charge in [-0.15, -0.1) is 0 Å². The van der Waals surface area contributed by atoms with Crippen molar-refractivity contribution in [3.05, 3.63) is 47.7 Å². The minimum Gasteiger partial charge on any atom is -0.435 e. The first-order valence-corrected chi connectivity index (χ1v) is 8.28. The summed E-state index contributed by atoms with van der Waals surface area (Å²) < 4.78 is 55.9. The number of halogens is 4. The molecule has 27 heavy (non-hydrogen) atoms. The maximum atomic E-state index is 13.3. The normalized spacial score (nSPS) is 16.4. The van der Waals surface area contributed by atoms with Gasteiger partial charge in [0.1, 0.15) is 11.6 Å². The Morgan fingerprint density at radius 1 is 1.19 bits per heavy atom. The summed E-state index contributed by atoms with van der Waals surface area (Å²) in [5.41, 5.74) is 6.78. The number of aromatic nitrogens is 1. The Balaban J connectivity index is 1.84. The van der Waals surface area contributed by atoms with Gasteiger partial charge in [0.25, 0.3) is 5.92 Å². The molecule has 0 saturated carbocycles. The predicted octanol–water partition coefficient (Wildman–Crippen LogP) is 3.92. The summed E-state index contributed by atoms with van der Waals surface area (Å²) in [4.78, 5) is 5.93. The number of nitrogens with one attached hydrogen (secondary N) is 1. The summed E-state index contributed by atoms with van der Waals surface area (Å²) in [5.74, 6) is -2.29. The Morgan fingerprint density at radius 2 is 1.89 bits per heavy atom. The third-order valence-corrected chi connectivity index (χ3v) is 4.37. The van der Waals surface area contributed by atoms with E-state index in [1.807, 2.05) is 0 Å². The first kappa shape index (κ1) is 18.9. The first-order valence-electron chi connectivity index (χ1n) is 8.28. The molecule has 0 aliphatic carbocycles. The summed E-state index contributed by atoms with van der Waals surface area (Å²) in [5, 5.41) is 8.38. The number of nitrogen functional groups attached to an aromatic ring is 1. The zero-order chi connectivity index (χ0) is 19.6. The molecule has 0 spiro atoms. The molecule has 144 valence electrons. The fourth-order valence-electron chi connectivity index (χ4n) is 2.89. The van der Waals surface area contributed by atoms with Crippen molar-refractivity contribution in [2.75, 3.05) is 23.7 Å². The Hall–Kier alpha value is -2.84. The zero-order valence-electron chi connectivity index (χ0n) is 14.3. The van der Waals surface area contributed by atoms with E-state index >= 15 is 0 Å². The molecule has 1 aromatic carbocycles. The van der Waals surface area contributed by atoms with Crippen LogP contribution in [0.4, 0.5) is 29.1 Å². The molecule has 0 unspecified atom stereocenters. The van der Waals surface area contributed by atoms with Gasteiger partial charge in [0.2, 0.25) is 0 Å². The fraction of sp³-hybridized carbons (Fsp3) is 0.333. The number of pyridine rings is 1. The van der Waals surface area contributed by atoms with Crippen molar-refractivity contribution in [1.82, 2.24) is 4.98 Å². The molecule has 0 atom stereocenters. The number of hydrogen-bond donors (Lipinski definition) is 2. The lowest BCUT2D eigenvalue weighted by Gasteiger charge is -2.32. The van der Waals surface area contributed by atoms with Gasteiger partial charge in [-0.25, -0.2) is 13.8 Å². The van der Waals surface area contributed by atoms with Crippen LogP contribution in [0.3, 0.4) is 0 Å². The molecule has 1 saturated heterocycles. The second-order valence-electron chi connectivity index (χ2n) is 6.25. The molecule has 3 N–H and O–H groups in total. The van der Waals surface area contributed by atoms with Crippen LogP contribution in [0.2, 0.25) is 0 Å². The number of nitrogens with two attached hydrogens (primary N) is 1.